The number of amides is 1. The molecule has 22 heavy (non-hydrogen) atoms. The molecule has 1 heterocycles. The van der Waals surface area contributed by atoms with Crippen LogP contribution in [0.1, 0.15) is 18.9 Å². The molecular weight excluding hydrogens is 279 g/mol. The van der Waals surface area contributed by atoms with E-state index >= 15 is 0 Å². The maximum absolute atomic E-state index is 12.9. The van der Waals surface area contributed by atoms with E-state index in [1.807, 2.05) is 12.1 Å². The van der Waals surface area contributed by atoms with Crippen LogP contribution in [-0.2, 0) is 11.2 Å². The molecule has 1 aliphatic heterocycles. The van der Waals surface area contributed by atoms with Gasteiger partial charge in [0.25, 0.3) is 0 Å². The van der Waals surface area contributed by atoms with Crippen LogP contribution in [0.5, 0.6) is 0 Å². The first-order chi connectivity index (χ1) is 10.6. The summed E-state index contributed by atoms with van der Waals surface area (Å²) in [5.74, 6) is -0.397. The summed E-state index contributed by atoms with van der Waals surface area (Å²) < 4.78 is 12.9. The summed E-state index contributed by atoms with van der Waals surface area (Å²) in [6.07, 6.45) is 2.09. The van der Waals surface area contributed by atoms with Gasteiger partial charge in [-0.25, -0.2) is 4.39 Å². The third-order valence-corrected chi connectivity index (χ3v) is 4.11. The van der Waals surface area contributed by atoms with Gasteiger partial charge < -0.3 is 10.2 Å². The Hall–Kier alpha value is -2.36. The maximum atomic E-state index is 12.9. The van der Waals surface area contributed by atoms with Gasteiger partial charge in [0.1, 0.15) is 5.82 Å². The van der Waals surface area contributed by atoms with Gasteiger partial charge in [-0.3, -0.25) is 4.79 Å². The number of carbonyl (C=O) groups is 1. The van der Waals surface area contributed by atoms with Crippen LogP contribution in [0, 0.1) is 5.82 Å². The predicted molar refractivity (Wildman–Crippen MR) is 86.6 cm³/mol. The average Bonchev–Trinajstić information content (AvgIpc) is 2.52. The number of carbonyl (C=O) groups excluding carboxylic acids is 1. The molecule has 0 bridgehead atoms. The van der Waals surface area contributed by atoms with E-state index in [9.17, 15) is 9.18 Å². The van der Waals surface area contributed by atoms with Crippen molar-refractivity contribution in [2.24, 2.45) is 0 Å². The molecule has 0 aromatic heterocycles. The van der Waals surface area contributed by atoms with Crippen molar-refractivity contribution in [3.8, 4) is 0 Å². The number of hydrogen-bond donors (Lipinski definition) is 1. The molecule has 0 radical (unpaired) electrons. The van der Waals surface area contributed by atoms with Gasteiger partial charge in [-0.15, -0.1) is 0 Å². The molecule has 4 heteroatoms. The number of hydrogen-bond acceptors (Lipinski definition) is 2. The molecule has 0 spiro atoms. The molecule has 1 aliphatic rings. The quantitative estimate of drug-likeness (QED) is 0.939. The number of anilines is 2. The number of fused-ring (bicyclic) bond motifs is 1. The van der Waals surface area contributed by atoms with Gasteiger partial charge in [-0.05, 0) is 55.7 Å². The van der Waals surface area contributed by atoms with Crippen molar-refractivity contribution in [2.45, 2.75) is 25.8 Å². The van der Waals surface area contributed by atoms with Gasteiger partial charge in [0.2, 0.25) is 5.91 Å². The third kappa shape index (κ3) is 3.11. The predicted octanol–water partition coefficient (Wildman–Crippen LogP) is 3.61. The van der Waals surface area contributed by atoms with E-state index in [0.29, 0.717) is 18.3 Å². The zero-order valence-corrected chi connectivity index (χ0v) is 12.6. The highest BCUT2D eigenvalue weighted by molar-refractivity contribution is 5.94. The lowest BCUT2D eigenvalue weighted by atomic mass is 9.96. The van der Waals surface area contributed by atoms with E-state index in [-0.39, 0.29) is 11.7 Å². The Balaban J connectivity index is 1.72. The molecule has 0 fully saturated rings. The Morgan fingerprint density at radius 2 is 1.95 bits per heavy atom. The smallest absolute Gasteiger partial charge is 0.243 e. The number of para-hydroxylation sites is 1. The van der Waals surface area contributed by atoms with E-state index in [0.717, 1.165) is 18.5 Å². The molecule has 3 rings (SSSR count). The summed E-state index contributed by atoms with van der Waals surface area (Å²) in [4.78, 5) is 14.4. The molecule has 1 atom stereocenters. The molecule has 3 nitrogen and oxygen atoms in total. The molecule has 114 valence electrons. The normalized spacial score (nSPS) is 17.0. The van der Waals surface area contributed by atoms with Crippen molar-refractivity contribution in [1.29, 1.82) is 0 Å². The standard InChI is InChI=1S/C18H19FN2O/c1-13-6-7-14-4-2-3-5-17(14)21(13)12-18(22)20-16-10-8-15(19)9-11-16/h2-5,8-11,13H,6-7,12H2,1H3,(H,20,22)/t13-/m1/s1. The largest absolute Gasteiger partial charge is 0.359 e. The van der Waals surface area contributed by atoms with Crippen LogP contribution < -0.4 is 10.2 Å². The summed E-state index contributed by atoms with van der Waals surface area (Å²) in [5.41, 5.74) is 3.04. The van der Waals surface area contributed by atoms with Crippen molar-refractivity contribution in [3.63, 3.8) is 0 Å². The van der Waals surface area contributed by atoms with Crippen molar-refractivity contribution in [2.75, 3.05) is 16.8 Å². The van der Waals surface area contributed by atoms with Gasteiger partial charge in [0.05, 0.1) is 6.54 Å². The number of rotatable bonds is 3. The second kappa shape index (κ2) is 6.18. The molecule has 1 amide bonds. The lowest BCUT2D eigenvalue weighted by Gasteiger charge is -2.36. The third-order valence-electron chi connectivity index (χ3n) is 4.11. The number of nitrogens with one attached hydrogen (secondary N) is 1. The minimum atomic E-state index is -0.309. The Morgan fingerprint density at radius 1 is 1.23 bits per heavy atom. The van der Waals surface area contributed by atoms with Gasteiger partial charge in [0, 0.05) is 17.4 Å². The average molecular weight is 298 g/mol. The summed E-state index contributed by atoms with van der Waals surface area (Å²) >= 11 is 0. The Bertz CT molecular complexity index is 669. The highest BCUT2D eigenvalue weighted by Gasteiger charge is 2.24. The lowest BCUT2D eigenvalue weighted by molar-refractivity contribution is -0.115. The molecule has 1 N–H and O–H groups in total. The fourth-order valence-electron chi connectivity index (χ4n) is 2.89. The topological polar surface area (TPSA) is 32.3 Å². The monoisotopic (exact) mass is 298 g/mol. The molecule has 2 aromatic carbocycles. The zero-order chi connectivity index (χ0) is 15.5. The Labute approximate surface area is 129 Å². The minimum absolute atomic E-state index is 0.0878. The van der Waals surface area contributed by atoms with E-state index in [4.69, 9.17) is 0 Å². The van der Waals surface area contributed by atoms with Gasteiger partial charge in [-0.1, -0.05) is 18.2 Å². The van der Waals surface area contributed by atoms with E-state index in [2.05, 4.69) is 29.3 Å². The first-order valence-corrected chi connectivity index (χ1v) is 7.53. The summed E-state index contributed by atoms with van der Waals surface area (Å²) in [6.45, 7) is 2.44. The number of aryl methyl sites for hydroxylation is 1. The number of nitrogens with zero attached hydrogens (tertiary/aromatic N) is 1. The summed E-state index contributed by atoms with van der Waals surface area (Å²) in [7, 11) is 0. The number of halogens is 1. The molecule has 0 saturated heterocycles. The maximum Gasteiger partial charge on any atom is 0.243 e. The Kier molecular flexibility index (Phi) is 4.09. The molecule has 0 saturated carbocycles. The highest BCUT2D eigenvalue weighted by Crippen LogP contribution is 2.30. The zero-order valence-electron chi connectivity index (χ0n) is 12.6. The number of benzene rings is 2. The van der Waals surface area contributed by atoms with Crippen LogP contribution in [0.25, 0.3) is 0 Å². The highest BCUT2D eigenvalue weighted by atomic mass is 19.1. The van der Waals surface area contributed by atoms with Crippen LogP contribution in [0.15, 0.2) is 48.5 Å². The first kappa shape index (κ1) is 14.6. The van der Waals surface area contributed by atoms with Gasteiger partial charge in [-0.2, -0.15) is 0 Å². The van der Waals surface area contributed by atoms with Crippen molar-refractivity contribution >= 4 is 17.3 Å². The van der Waals surface area contributed by atoms with Crippen LogP contribution >= 0.6 is 0 Å². The van der Waals surface area contributed by atoms with Crippen molar-refractivity contribution < 1.29 is 9.18 Å². The second-order valence-electron chi connectivity index (χ2n) is 5.70. The fraction of sp³-hybridized carbons (Fsp3) is 0.278. The van der Waals surface area contributed by atoms with Gasteiger partial charge in [0.15, 0.2) is 0 Å². The fourth-order valence-corrected chi connectivity index (χ4v) is 2.89. The van der Waals surface area contributed by atoms with Crippen LogP contribution in [-0.4, -0.2) is 18.5 Å². The van der Waals surface area contributed by atoms with E-state index in [1.165, 1.54) is 17.7 Å². The molecule has 0 aliphatic carbocycles. The summed E-state index contributed by atoms with van der Waals surface area (Å²) in [6, 6.07) is 14.4. The van der Waals surface area contributed by atoms with Crippen molar-refractivity contribution in [3.05, 3.63) is 59.9 Å². The van der Waals surface area contributed by atoms with Gasteiger partial charge >= 0.3 is 0 Å². The molecular formula is C18H19FN2O. The lowest BCUT2D eigenvalue weighted by Crippen LogP contribution is -2.42. The van der Waals surface area contributed by atoms with E-state index < -0.39 is 0 Å². The van der Waals surface area contributed by atoms with E-state index in [1.54, 1.807) is 12.1 Å². The molecule has 0 unspecified atom stereocenters. The molecule has 2 aromatic rings. The first-order valence-electron chi connectivity index (χ1n) is 7.53. The summed E-state index contributed by atoms with van der Waals surface area (Å²) in [5, 5.41) is 2.82. The van der Waals surface area contributed by atoms with Crippen molar-refractivity contribution in [1.82, 2.24) is 0 Å². The Morgan fingerprint density at radius 3 is 2.73 bits per heavy atom. The van der Waals surface area contributed by atoms with Crippen LogP contribution in [0.3, 0.4) is 0 Å². The van der Waals surface area contributed by atoms with Crippen LogP contribution in [0.4, 0.5) is 15.8 Å². The minimum Gasteiger partial charge on any atom is -0.359 e. The van der Waals surface area contributed by atoms with Crippen LogP contribution in [0.2, 0.25) is 0 Å². The second-order valence-corrected chi connectivity index (χ2v) is 5.70. The SMILES string of the molecule is C[C@@H]1CCc2ccccc2N1CC(=O)Nc1ccc(F)cc1.